The molecule has 1 saturated heterocycles. The fraction of sp³-hybridized carbons (Fsp3) is 0.538. The number of hydrogen-bond donors (Lipinski definition) is 1. The molecule has 19 heavy (non-hydrogen) atoms. The van der Waals surface area contributed by atoms with Crippen LogP contribution in [0.3, 0.4) is 0 Å². The van der Waals surface area contributed by atoms with E-state index in [1.165, 1.54) is 0 Å². The lowest BCUT2D eigenvalue weighted by molar-refractivity contribution is 0.215. The minimum absolute atomic E-state index is 0.0184. The van der Waals surface area contributed by atoms with Crippen LogP contribution in [0.2, 0.25) is 0 Å². The third-order valence-electron chi connectivity index (χ3n) is 3.49. The molecule has 0 radical (unpaired) electrons. The maximum atomic E-state index is 11.6. The van der Waals surface area contributed by atoms with E-state index in [1.807, 2.05) is 19.1 Å². The van der Waals surface area contributed by atoms with E-state index in [0.717, 1.165) is 11.3 Å². The molecule has 1 aromatic carbocycles. The summed E-state index contributed by atoms with van der Waals surface area (Å²) >= 11 is 0. The van der Waals surface area contributed by atoms with Crippen molar-refractivity contribution in [2.75, 3.05) is 30.9 Å². The van der Waals surface area contributed by atoms with Gasteiger partial charge < -0.3 is 10.5 Å². The van der Waals surface area contributed by atoms with Gasteiger partial charge in [-0.1, -0.05) is 0 Å². The zero-order valence-corrected chi connectivity index (χ0v) is 12.1. The van der Waals surface area contributed by atoms with E-state index in [4.69, 9.17) is 10.5 Å². The van der Waals surface area contributed by atoms with Gasteiger partial charge in [0, 0.05) is 30.4 Å². The third kappa shape index (κ3) is 3.39. The molecule has 2 N–H and O–H groups in total. The molecule has 1 atom stereocenters. The molecule has 1 aromatic rings. The number of anilines is 1. The summed E-state index contributed by atoms with van der Waals surface area (Å²) in [5, 5.41) is 0. The minimum atomic E-state index is -2.88. The summed E-state index contributed by atoms with van der Waals surface area (Å²) in [6, 6.07) is 5.54. The number of rotatable bonds is 3. The predicted octanol–water partition coefficient (Wildman–Crippen LogP) is 0.896. The summed E-state index contributed by atoms with van der Waals surface area (Å²) in [6.45, 7) is 3.15. The van der Waals surface area contributed by atoms with E-state index in [-0.39, 0.29) is 17.5 Å². The lowest BCUT2D eigenvalue weighted by Crippen LogP contribution is -2.46. The van der Waals surface area contributed by atoms with Crippen LogP contribution in [0.5, 0.6) is 5.75 Å². The molecular formula is C13H20N2O3S. The highest BCUT2D eigenvalue weighted by Gasteiger charge is 2.28. The van der Waals surface area contributed by atoms with E-state index < -0.39 is 9.84 Å². The van der Waals surface area contributed by atoms with Crippen molar-refractivity contribution in [2.45, 2.75) is 19.5 Å². The molecule has 0 aliphatic carbocycles. The molecule has 106 valence electrons. The molecular weight excluding hydrogens is 264 g/mol. The van der Waals surface area contributed by atoms with Crippen molar-refractivity contribution in [1.82, 2.24) is 4.90 Å². The van der Waals surface area contributed by atoms with E-state index in [2.05, 4.69) is 4.90 Å². The molecule has 1 aliphatic rings. The van der Waals surface area contributed by atoms with E-state index in [1.54, 1.807) is 13.2 Å². The molecule has 1 heterocycles. The Morgan fingerprint density at radius 3 is 2.84 bits per heavy atom. The van der Waals surface area contributed by atoms with Crippen LogP contribution in [-0.4, -0.2) is 44.5 Å². The molecule has 0 bridgehead atoms. The van der Waals surface area contributed by atoms with Crippen molar-refractivity contribution in [3.8, 4) is 5.75 Å². The zero-order chi connectivity index (χ0) is 14.0. The Labute approximate surface area is 114 Å². The maximum absolute atomic E-state index is 11.6. The minimum Gasteiger partial charge on any atom is -0.496 e. The molecule has 5 nitrogen and oxygen atoms in total. The normalized spacial score (nSPS) is 23.2. The SMILES string of the molecule is COc1ccc(N)cc1CN1CCS(=O)(=O)CC1C. The molecule has 0 spiro atoms. The monoisotopic (exact) mass is 284 g/mol. The van der Waals surface area contributed by atoms with Gasteiger partial charge in [0.25, 0.3) is 0 Å². The fourth-order valence-electron chi connectivity index (χ4n) is 2.41. The number of nitrogens with two attached hydrogens (primary N) is 1. The molecule has 1 unspecified atom stereocenters. The first-order valence-electron chi connectivity index (χ1n) is 6.28. The largest absolute Gasteiger partial charge is 0.496 e. The summed E-state index contributed by atoms with van der Waals surface area (Å²) in [5.41, 5.74) is 7.48. The summed E-state index contributed by atoms with van der Waals surface area (Å²) in [5.74, 6) is 1.23. The Hall–Kier alpha value is -1.27. The number of ether oxygens (including phenoxy) is 1. The van der Waals surface area contributed by atoms with Gasteiger partial charge >= 0.3 is 0 Å². The number of nitrogen functional groups attached to an aromatic ring is 1. The summed E-state index contributed by atoms with van der Waals surface area (Å²) in [4.78, 5) is 2.15. The molecule has 2 rings (SSSR count). The second-order valence-electron chi connectivity index (χ2n) is 5.01. The maximum Gasteiger partial charge on any atom is 0.153 e. The third-order valence-corrected chi connectivity index (χ3v) is 5.28. The van der Waals surface area contributed by atoms with Gasteiger partial charge in [0.1, 0.15) is 5.75 Å². The molecule has 0 amide bonds. The van der Waals surface area contributed by atoms with Crippen LogP contribution in [0, 0.1) is 0 Å². The van der Waals surface area contributed by atoms with Gasteiger partial charge in [0.2, 0.25) is 0 Å². The van der Waals surface area contributed by atoms with Crippen LogP contribution < -0.4 is 10.5 Å². The molecule has 1 aliphatic heterocycles. The quantitative estimate of drug-likeness (QED) is 0.835. The highest BCUT2D eigenvalue weighted by molar-refractivity contribution is 7.91. The van der Waals surface area contributed by atoms with Gasteiger partial charge in [-0.15, -0.1) is 0 Å². The highest BCUT2D eigenvalue weighted by atomic mass is 32.2. The lowest BCUT2D eigenvalue weighted by Gasteiger charge is -2.33. The van der Waals surface area contributed by atoms with Gasteiger partial charge in [-0.05, 0) is 25.1 Å². The van der Waals surface area contributed by atoms with Crippen LogP contribution in [0.4, 0.5) is 5.69 Å². The fourth-order valence-corrected chi connectivity index (χ4v) is 4.03. The number of hydrogen-bond acceptors (Lipinski definition) is 5. The predicted molar refractivity (Wildman–Crippen MR) is 75.9 cm³/mol. The number of nitrogens with zero attached hydrogens (tertiary/aromatic N) is 1. The number of methoxy groups -OCH3 is 1. The van der Waals surface area contributed by atoms with Crippen LogP contribution in [0.15, 0.2) is 18.2 Å². The Morgan fingerprint density at radius 1 is 1.47 bits per heavy atom. The zero-order valence-electron chi connectivity index (χ0n) is 11.3. The van der Waals surface area contributed by atoms with Gasteiger partial charge in [-0.3, -0.25) is 4.90 Å². The topological polar surface area (TPSA) is 72.6 Å². The summed E-state index contributed by atoms with van der Waals surface area (Å²) in [7, 11) is -1.25. The van der Waals surface area contributed by atoms with Crippen LogP contribution in [-0.2, 0) is 16.4 Å². The van der Waals surface area contributed by atoms with E-state index in [0.29, 0.717) is 18.8 Å². The summed E-state index contributed by atoms with van der Waals surface area (Å²) < 4.78 is 28.4. The number of sulfone groups is 1. The molecule has 1 fully saturated rings. The Bertz CT molecular complexity index is 557. The van der Waals surface area contributed by atoms with Crippen molar-refractivity contribution in [3.63, 3.8) is 0 Å². The van der Waals surface area contributed by atoms with Gasteiger partial charge in [-0.25, -0.2) is 8.42 Å². The van der Waals surface area contributed by atoms with Crippen molar-refractivity contribution >= 4 is 15.5 Å². The molecule has 6 heteroatoms. The summed E-state index contributed by atoms with van der Waals surface area (Å²) in [6.07, 6.45) is 0. The van der Waals surface area contributed by atoms with Gasteiger partial charge in [-0.2, -0.15) is 0 Å². The standard InChI is InChI=1S/C13H20N2O3S/c1-10-9-19(16,17)6-5-15(10)8-11-7-12(14)3-4-13(11)18-2/h3-4,7,10H,5-6,8-9,14H2,1-2H3. The molecule has 0 aromatic heterocycles. The first-order valence-corrected chi connectivity index (χ1v) is 8.10. The Balaban J connectivity index is 2.15. The Morgan fingerprint density at radius 2 is 2.21 bits per heavy atom. The number of benzene rings is 1. The van der Waals surface area contributed by atoms with Crippen LogP contribution in [0.1, 0.15) is 12.5 Å². The average Bonchev–Trinajstić information content (AvgIpc) is 2.32. The van der Waals surface area contributed by atoms with E-state index >= 15 is 0 Å². The highest BCUT2D eigenvalue weighted by Crippen LogP contribution is 2.24. The van der Waals surface area contributed by atoms with Crippen molar-refractivity contribution in [1.29, 1.82) is 0 Å². The second-order valence-corrected chi connectivity index (χ2v) is 7.23. The van der Waals surface area contributed by atoms with E-state index in [9.17, 15) is 8.42 Å². The first-order chi connectivity index (χ1) is 8.91. The molecule has 0 saturated carbocycles. The second kappa shape index (κ2) is 5.38. The Kier molecular flexibility index (Phi) is 4.01. The van der Waals surface area contributed by atoms with Gasteiger partial charge in [0.05, 0.1) is 18.6 Å². The smallest absolute Gasteiger partial charge is 0.153 e. The van der Waals surface area contributed by atoms with Crippen LogP contribution in [0.25, 0.3) is 0 Å². The lowest BCUT2D eigenvalue weighted by atomic mass is 10.1. The van der Waals surface area contributed by atoms with Crippen LogP contribution >= 0.6 is 0 Å². The first kappa shape index (κ1) is 14.1. The average molecular weight is 284 g/mol. The van der Waals surface area contributed by atoms with Gasteiger partial charge in [0.15, 0.2) is 9.84 Å². The van der Waals surface area contributed by atoms with Crippen molar-refractivity contribution < 1.29 is 13.2 Å². The van der Waals surface area contributed by atoms with Crippen molar-refractivity contribution in [3.05, 3.63) is 23.8 Å². The van der Waals surface area contributed by atoms with Crippen molar-refractivity contribution in [2.24, 2.45) is 0 Å².